The molecule has 194 valence electrons. The third-order valence-electron chi connectivity index (χ3n) is 6.74. The molecule has 0 aliphatic carbocycles. The number of ether oxygens (including phenoxy) is 2. The van der Waals surface area contributed by atoms with Crippen molar-refractivity contribution in [1.82, 2.24) is 10.2 Å². The first kappa shape index (κ1) is 27.2. The Labute approximate surface area is 212 Å². The number of aliphatic hydroxyl groups excluding tert-OH is 1. The van der Waals surface area contributed by atoms with Crippen molar-refractivity contribution >= 4 is 18.0 Å². The highest BCUT2D eigenvalue weighted by atomic mass is 16.5. The first-order valence-corrected chi connectivity index (χ1v) is 12.5. The molecule has 2 aromatic rings. The van der Waals surface area contributed by atoms with Gasteiger partial charge in [-0.05, 0) is 30.4 Å². The molecule has 3 rings (SSSR count). The van der Waals surface area contributed by atoms with Crippen molar-refractivity contribution in [1.29, 1.82) is 0 Å². The summed E-state index contributed by atoms with van der Waals surface area (Å²) in [4.78, 5) is 40.3. The number of benzene rings is 2. The zero-order valence-corrected chi connectivity index (χ0v) is 21.0. The lowest BCUT2D eigenvalue weighted by atomic mass is 9.77. The van der Waals surface area contributed by atoms with Crippen LogP contribution in [0.4, 0.5) is 4.79 Å². The van der Waals surface area contributed by atoms with Gasteiger partial charge in [-0.25, -0.2) is 4.79 Å². The summed E-state index contributed by atoms with van der Waals surface area (Å²) in [5.74, 6) is -0.886. The quantitative estimate of drug-likeness (QED) is 0.460. The van der Waals surface area contributed by atoms with Crippen LogP contribution in [0.15, 0.2) is 60.7 Å². The Hall–Kier alpha value is -3.39. The van der Waals surface area contributed by atoms with Gasteiger partial charge in [0.15, 0.2) is 0 Å². The summed E-state index contributed by atoms with van der Waals surface area (Å²) < 4.78 is 10.9. The van der Waals surface area contributed by atoms with Gasteiger partial charge in [-0.1, -0.05) is 80.4 Å². The van der Waals surface area contributed by atoms with Crippen LogP contribution in [0.5, 0.6) is 0 Å². The number of nitrogens with zero attached hydrogens (tertiary/aromatic N) is 1. The van der Waals surface area contributed by atoms with E-state index >= 15 is 0 Å². The van der Waals surface area contributed by atoms with Gasteiger partial charge in [0.05, 0.1) is 12.0 Å². The average molecular weight is 497 g/mol. The fraction of sp³-hybridized carbons (Fsp3) is 0.464. The molecule has 1 aliphatic heterocycles. The third kappa shape index (κ3) is 7.07. The fourth-order valence-electron chi connectivity index (χ4n) is 4.52. The van der Waals surface area contributed by atoms with Gasteiger partial charge in [0.1, 0.15) is 19.3 Å². The molecule has 0 aromatic heterocycles. The van der Waals surface area contributed by atoms with Crippen LogP contribution >= 0.6 is 0 Å². The molecule has 8 nitrogen and oxygen atoms in total. The van der Waals surface area contributed by atoms with E-state index in [9.17, 15) is 19.5 Å². The number of carbonyl (C=O) groups is 3. The molecular weight excluding hydrogens is 460 g/mol. The van der Waals surface area contributed by atoms with E-state index in [2.05, 4.69) is 12.2 Å². The number of aliphatic hydroxyl groups is 1. The number of hydrogen-bond acceptors (Lipinski definition) is 6. The highest BCUT2D eigenvalue weighted by Gasteiger charge is 2.51. The fourth-order valence-corrected chi connectivity index (χ4v) is 4.52. The zero-order chi connectivity index (χ0) is 26.0. The third-order valence-corrected chi connectivity index (χ3v) is 6.74. The second kappa shape index (κ2) is 13.1. The molecule has 0 spiro atoms. The van der Waals surface area contributed by atoms with Crippen molar-refractivity contribution in [2.45, 2.75) is 52.4 Å². The Bertz CT molecular complexity index is 1000. The minimum Gasteiger partial charge on any atom is -0.460 e. The van der Waals surface area contributed by atoms with Crippen molar-refractivity contribution < 1.29 is 29.0 Å². The summed E-state index contributed by atoms with van der Waals surface area (Å²) in [5.41, 5.74) is 0.819. The van der Waals surface area contributed by atoms with E-state index in [1.165, 1.54) is 0 Å². The van der Waals surface area contributed by atoms with Gasteiger partial charge in [0.2, 0.25) is 5.91 Å². The van der Waals surface area contributed by atoms with E-state index in [1.54, 1.807) is 4.90 Å². The molecule has 1 heterocycles. The number of alkyl carbamates (subject to hydrolysis) is 1. The summed E-state index contributed by atoms with van der Waals surface area (Å²) >= 11 is 0. The number of likely N-dealkylation sites (tertiary alicyclic amines) is 1. The Kier molecular flexibility index (Phi) is 9.87. The van der Waals surface area contributed by atoms with Crippen molar-refractivity contribution in [3.05, 3.63) is 71.8 Å². The Balaban J connectivity index is 1.62. The first-order valence-electron chi connectivity index (χ1n) is 12.5. The maximum absolute atomic E-state index is 13.2. The SMILES string of the molecule is CCCC[C@H]1CN(C(=O)[C@H](CO)NC(=O)OCc2ccccc2)C[C@@]1(C)C(=O)OCc1ccccc1. The van der Waals surface area contributed by atoms with Crippen LogP contribution in [-0.4, -0.2) is 53.7 Å². The van der Waals surface area contributed by atoms with Crippen LogP contribution in [0, 0.1) is 11.3 Å². The second-order valence-electron chi connectivity index (χ2n) is 9.48. The van der Waals surface area contributed by atoms with Crippen LogP contribution in [0.1, 0.15) is 44.2 Å². The minimum absolute atomic E-state index is 0.0488. The average Bonchev–Trinajstić information content (AvgIpc) is 3.26. The molecule has 2 amide bonds. The number of carbonyl (C=O) groups excluding carboxylic acids is 3. The summed E-state index contributed by atoms with van der Waals surface area (Å²) in [6.45, 7) is 4.06. The van der Waals surface area contributed by atoms with Gasteiger partial charge in [-0.2, -0.15) is 0 Å². The Morgan fingerprint density at radius 1 is 1.03 bits per heavy atom. The largest absolute Gasteiger partial charge is 0.460 e. The second-order valence-corrected chi connectivity index (χ2v) is 9.48. The highest BCUT2D eigenvalue weighted by molar-refractivity contribution is 5.87. The van der Waals surface area contributed by atoms with E-state index in [0.29, 0.717) is 6.54 Å². The molecule has 0 radical (unpaired) electrons. The van der Waals surface area contributed by atoms with Gasteiger partial charge in [0, 0.05) is 13.1 Å². The maximum Gasteiger partial charge on any atom is 0.408 e. The molecule has 3 atom stereocenters. The highest BCUT2D eigenvalue weighted by Crippen LogP contribution is 2.40. The van der Waals surface area contributed by atoms with Gasteiger partial charge >= 0.3 is 12.1 Å². The first-order chi connectivity index (χ1) is 17.4. The lowest BCUT2D eigenvalue weighted by molar-refractivity contribution is -0.158. The van der Waals surface area contributed by atoms with Gasteiger partial charge in [-0.15, -0.1) is 0 Å². The van der Waals surface area contributed by atoms with Crippen molar-refractivity contribution in [3.63, 3.8) is 0 Å². The topological polar surface area (TPSA) is 105 Å². The number of amides is 2. The summed E-state index contributed by atoms with van der Waals surface area (Å²) in [5, 5.41) is 12.3. The smallest absolute Gasteiger partial charge is 0.408 e. The van der Waals surface area contributed by atoms with Crippen LogP contribution in [-0.2, 0) is 32.3 Å². The predicted octanol–water partition coefficient (Wildman–Crippen LogP) is 3.67. The molecular formula is C28H36N2O6. The van der Waals surface area contributed by atoms with Crippen LogP contribution < -0.4 is 5.32 Å². The molecule has 0 bridgehead atoms. The number of hydrogen-bond donors (Lipinski definition) is 2. The zero-order valence-electron chi connectivity index (χ0n) is 21.0. The lowest BCUT2D eigenvalue weighted by Crippen LogP contribution is -2.50. The van der Waals surface area contributed by atoms with E-state index in [1.807, 2.05) is 67.6 Å². The van der Waals surface area contributed by atoms with Crippen LogP contribution in [0.2, 0.25) is 0 Å². The van der Waals surface area contributed by atoms with Crippen molar-refractivity contribution in [3.8, 4) is 0 Å². The molecule has 2 aromatic carbocycles. The van der Waals surface area contributed by atoms with E-state index in [-0.39, 0.29) is 31.6 Å². The van der Waals surface area contributed by atoms with E-state index < -0.39 is 30.1 Å². The molecule has 1 aliphatic rings. The summed E-state index contributed by atoms with van der Waals surface area (Å²) in [6, 6.07) is 17.5. The normalized spacial score (nSPS) is 20.0. The Morgan fingerprint density at radius 3 is 2.17 bits per heavy atom. The minimum atomic E-state index is -1.16. The summed E-state index contributed by atoms with van der Waals surface area (Å²) in [6.07, 6.45) is 1.86. The van der Waals surface area contributed by atoms with Crippen molar-refractivity contribution in [2.75, 3.05) is 19.7 Å². The molecule has 2 N–H and O–H groups in total. The molecule has 1 fully saturated rings. The van der Waals surface area contributed by atoms with Crippen LogP contribution in [0.3, 0.4) is 0 Å². The molecule has 0 saturated carbocycles. The molecule has 36 heavy (non-hydrogen) atoms. The monoisotopic (exact) mass is 496 g/mol. The molecule has 8 heteroatoms. The van der Waals surface area contributed by atoms with Gasteiger partial charge < -0.3 is 24.8 Å². The van der Waals surface area contributed by atoms with Crippen LogP contribution in [0.25, 0.3) is 0 Å². The number of unbranched alkanes of at least 4 members (excludes halogenated alkanes) is 1. The van der Waals surface area contributed by atoms with E-state index in [4.69, 9.17) is 9.47 Å². The van der Waals surface area contributed by atoms with Gasteiger partial charge in [0.25, 0.3) is 0 Å². The number of rotatable bonds is 11. The van der Waals surface area contributed by atoms with Crippen molar-refractivity contribution in [2.24, 2.45) is 11.3 Å². The molecule has 0 unspecified atom stereocenters. The van der Waals surface area contributed by atoms with Gasteiger partial charge in [-0.3, -0.25) is 9.59 Å². The standard InChI is InChI=1S/C28H36N2O6/c1-3-4-15-23-16-30(20-28(23,2)26(33)35-18-21-11-7-5-8-12-21)25(32)24(17-31)29-27(34)36-19-22-13-9-6-10-14-22/h5-14,23-24,31H,3-4,15-20H2,1-2H3,(H,29,34)/t23-,24-,28+/m0/s1. The number of nitrogens with one attached hydrogen (secondary N) is 1. The summed E-state index contributed by atoms with van der Waals surface area (Å²) in [7, 11) is 0. The lowest BCUT2D eigenvalue weighted by Gasteiger charge is -2.28. The maximum atomic E-state index is 13.2. The molecule has 1 saturated heterocycles. The number of esters is 1. The predicted molar refractivity (Wildman–Crippen MR) is 135 cm³/mol. The van der Waals surface area contributed by atoms with E-state index in [0.717, 1.165) is 30.4 Å². The Morgan fingerprint density at radius 2 is 1.61 bits per heavy atom.